The third-order valence-electron chi connectivity index (χ3n) is 2.97. The Morgan fingerprint density at radius 1 is 1.18 bits per heavy atom. The van der Waals surface area contributed by atoms with Crippen LogP contribution >= 0.6 is 0 Å². The normalized spacial score (nSPS) is 17.1. The van der Waals surface area contributed by atoms with Crippen LogP contribution in [0.4, 0.5) is 5.69 Å². The van der Waals surface area contributed by atoms with Crippen LogP contribution in [0.3, 0.4) is 0 Å². The second-order valence-corrected chi connectivity index (χ2v) is 4.25. The van der Waals surface area contributed by atoms with Crippen molar-refractivity contribution >= 4 is 11.6 Å². The number of nitrogens with zero attached hydrogens (tertiary/aromatic N) is 2. The Bertz CT molecular complexity index is 383. The molecule has 0 spiro atoms. The van der Waals surface area contributed by atoms with Gasteiger partial charge in [-0.05, 0) is 24.3 Å². The molecule has 1 fully saturated rings. The van der Waals surface area contributed by atoms with Crippen molar-refractivity contribution in [3.8, 4) is 5.75 Å². The quantitative estimate of drug-likeness (QED) is 0.773. The minimum atomic E-state index is -0.275. The fraction of sp³-hybridized carbons (Fsp3) is 0.417. The molecule has 0 aliphatic carbocycles. The third kappa shape index (κ3) is 3.10. The number of hydrogen-bond donors (Lipinski definition) is 2. The number of phenolic OH excluding ortho intramolecular Hbond substituents is 1. The van der Waals surface area contributed by atoms with Gasteiger partial charge in [-0.15, -0.1) is 0 Å². The standard InChI is InChI=1S/C12H17N3O2/c13-12(17)9-14-5-7-15(8-6-14)10-1-3-11(16)4-2-10/h1-4,16H,5-9H2,(H2,13,17). The molecule has 1 saturated heterocycles. The number of carbonyl (C=O) groups excluding carboxylic acids is 1. The lowest BCUT2D eigenvalue weighted by Gasteiger charge is -2.35. The maximum Gasteiger partial charge on any atom is 0.231 e. The highest BCUT2D eigenvalue weighted by atomic mass is 16.3. The molecule has 1 aromatic rings. The molecule has 0 saturated carbocycles. The monoisotopic (exact) mass is 235 g/mol. The van der Waals surface area contributed by atoms with Crippen molar-refractivity contribution in [1.29, 1.82) is 0 Å². The lowest BCUT2D eigenvalue weighted by Crippen LogP contribution is -2.48. The van der Waals surface area contributed by atoms with Gasteiger partial charge in [0, 0.05) is 31.9 Å². The van der Waals surface area contributed by atoms with Gasteiger partial charge >= 0.3 is 0 Å². The molecule has 0 unspecified atom stereocenters. The van der Waals surface area contributed by atoms with Crippen LogP contribution in [0.2, 0.25) is 0 Å². The van der Waals surface area contributed by atoms with Gasteiger partial charge in [0.25, 0.3) is 0 Å². The Balaban J connectivity index is 1.90. The van der Waals surface area contributed by atoms with Crippen LogP contribution in [-0.2, 0) is 4.79 Å². The number of piperazine rings is 1. The molecule has 92 valence electrons. The summed E-state index contributed by atoms with van der Waals surface area (Å²) in [5, 5.41) is 9.22. The number of hydrogen-bond acceptors (Lipinski definition) is 4. The average Bonchev–Trinajstić information content (AvgIpc) is 2.30. The molecule has 0 aromatic heterocycles. The minimum Gasteiger partial charge on any atom is -0.508 e. The molecular formula is C12H17N3O2. The zero-order chi connectivity index (χ0) is 12.3. The molecule has 1 aromatic carbocycles. The summed E-state index contributed by atoms with van der Waals surface area (Å²) in [6.07, 6.45) is 0. The molecule has 1 aliphatic heterocycles. The van der Waals surface area contributed by atoms with Gasteiger partial charge in [0.05, 0.1) is 6.54 Å². The molecule has 0 radical (unpaired) electrons. The van der Waals surface area contributed by atoms with E-state index in [0.29, 0.717) is 6.54 Å². The molecule has 17 heavy (non-hydrogen) atoms. The highest BCUT2D eigenvalue weighted by Crippen LogP contribution is 2.19. The van der Waals surface area contributed by atoms with E-state index in [1.54, 1.807) is 12.1 Å². The first-order valence-corrected chi connectivity index (χ1v) is 5.70. The maximum atomic E-state index is 10.8. The highest BCUT2D eigenvalue weighted by molar-refractivity contribution is 5.75. The predicted molar refractivity (Wildman–Crippen MR) is 66.0 cm³/mol. The number of rotatable bonds is 3. The Kier molecular flexibility index (Phi) is 3.49. The number of aromatic hydroxyl groups is 1. The largest absolute Gasteiger partial charge is 0.508 e. The maximum absolute atomic E-state index is 10.8. The Labute approximate surface area is 100 Å². The number of carbonyl (C=O) groups is 1. The van der Waals surface area contributed by atoms with Gasteiger partial charge in [-0.1, -0.05) is 0 Å². The average molecular weight is 235 g/mol. The number of nitrogens with two attached hydrogens (primary N) is 1. The van der Waals surface area contributed by atoms with Gasteiger partial charge in [-0.3, -0.25) is 9.69 Å². The van der Waals surface area contributed by atoms with Gasteiger partial charge in [0.15, 0.2) is 0 Å². The first-order chi connectivity index (χ1) is 8.15. The van der Waals surface area contributed by atoms with E-state index < -0.39 is 0 Å². The lowest BCUT2D eigenvalue weighted by atomic mass is 10.2. The third-order valence-corrected chi connectivity index (χ3v) is 2.97. The summed E-state index contributed by atoms with van der Waals surface area (Å²) >= 11 is 0. The zero-order valence-corrected chi connectivity index (χ0v) is 9.67. The number of primary amides is 1. The van der Waals surface area contributed by atoms with Crippen LogP contribution < -0.4 is 10.6 Å². The molecular weight excluding hydrogens is 218 g/mol. The smallest absolute Gasteiger partial charge is 0.231 e. The molecule has 3 N–H and O–H groups in total. The summed E-state index contributed by atoms with van der Waals surface area (Å²) in [4.78, 5) is 15.1. The van der Waals surface area contributed by atoms with E-state index in [1.807, 2.05) is 12.1 Å². The van der Waals surface area contributed by atoms with Gasteiger partial charge in [0.2, 0.25) is 5.91 Å². The van der Waals surface area contributed by atoms with E-state index in [2.05, 4.69) is 9.80 Å². The summed E-state index contributed by atoms with van der Waals surface area (Å²) in [6.45, 7) is 3.76. The molecule has 1 amide bonds. The van der Waals surface area contributed by atoms with Crippen molar-refractivity contribution in [3.63, 3.8) is 0 Å². The Hall–Kier alpha value is -1.75. The Morgan fingerprint density at radius 3 is 2.29 bits per heavy atom. The van der Waals surface area contributed by atoms with E-state index in [0.717, 1.165) is 31.9 Å². The summed E-state index contributed by atoms with van der Waals surface area (Å²) in [5.74, 6) is 0.00389. The second kappa shape index (κ2) is 5.05. The van der Waals surface area contributed by atoms with Crippen molar-refractivity contribution in [2.24, 2.45) is 5.73 Å². The van der Waals surface area contributed by atoms with E-state index in [-0.39, 0.29) is 11.7 Å². The summed E-state index contributed by atoms with van der Waals surface area (Å²) in [5.41, 5.74) is 6.26. The molecule has 0 bridgehead atoms. The van der Waals surface area contributed by atoms with E-state index in [1.165, 1.54) is 0 Å². The molecule has 5 nitrogen and oxygen atoms in total. The van der Waals surface area contributed by atoms with Gasteiger partial charge in [0.1, 0.15) is 5.75 Å². The zero-order valence-electron chi connectivity index (χ0n) is 9.67. The number of phenols is 1. The van der Waals surface area contributed by atoms with Gasteiger partial charge < -0.3 is 15.7 Å². The van der Waals surface area contributed by atoms with Crippen LogP contribution in [0.1, 0.15) is 0 Å². The van der Waals surface area contributed by atoms with Crippen LogP contribution in [0.15, 0.2) is 24.3 Å². The van der Waals surface area contributed by atoms with Crippen LogP contribution in [0, 0.1) is 0 Å². The van der Waals surface area contributed by atoms with Gasteiger partial charge in [-0.25, -0.2) is 0 Å². The van der Waals surface area contributed by atoms with Crippen LogP contribution in [-0.4, -0.2) is 48.6 Å². The summed E-state index contributed by atoms with van der Waals surface area (Å²) in [7, 11) is 0. The van der Waals surface area contributed by atoms with Crippen molar-refractivity contribution in [2.75, 3.05) is 37.6 Å². The summed E-state index contributed by atoms with van der Waals surface area (Å²) in [6, 6.07) is 7.17. The lowest BCUT2D eigenvalue weighted by molar-refractivity contribution is -0.119. The highest BCUT2D eigenvalue weighted by Gasteiger charge is 2.17. The second-order valence-electron chi connectivity index (χ2n) is 4.25. The van der Waals surface area contributed by atoms with Crippen molar-refractivity contribution in [2.45, 2.75) is 0 Å². The fourth-order valence-corrected chi connectivity index (χ4v) is 2.05. The van der Waals surface area contributed by atoms with Crippen molar-refractivity contribution < 1.29 is 9.90 Å². The van der Waals surface area contributed by atoms with Crippen LogP contribution in [0.5, 0.6) is 5.75 Å². The molecule has 1 aliphatic rings. The summed E-state index contributed by atoms with van der Waals surface area (Å²) < 4.78 is 0. The fourth-order valence-electron chi connectivity index (χ4n) is 2.05. The van der Waals surface area contributed by atoms with Crippen molar-refractivity contribution in [1.82, 2.24) is 4.90 Å². The number of benzene rings is 1. The van der Waals surface area contributed by atoms with Crippen LogP contribution in [0.25, 0.3) is 0 Å². The van der Waals surface area contributed by atoms with E-state index in [9.17, 15) is 9.90 Å². The predicted octanol–water partition coefficient (Wildman–Crippen LogP) is -0.000500. The Morgan fingerprint density at radius 2 is 1.76 bits per heavy atom. The van der Waals surface area contributed by atoms with Crippen molar-refractivity contribution in [3.05, 3.63) is 24.3 Å². The molecule has 2 rings (SSSR count). The first kappa shape index (κ1) is 11.7. The van der Waals surface area contributed by atoms with Gasteiger partial charge in [-0.2, -0.15) is 0 Å². The van der Waals surface area contributed by atoms with E-state index >= 15 is 0 Å². The number of amides is 1. The molecule has 0 atom stereocenters. The molecule has 1 heterocycles. The SMILES string of the molecule is NC(=O)CN1CCN(c2ccc(O)cc2)CC1. The number of anilines is 1. The minimum absolute atomic E-state index is 0.275. The van der Waals surface area contributed by atoms with E-state index in [4.69, 9.17) is 5.73 Å². The first-order valence-electron chi connectivity index (χ1n) is 5.70. The topological polar surface area (TPSA) is 69.8 Å². The molecule has 5 heteroatoms.